The van der Waals surface area contributed by atoms with E-state index in [0.29, 0.717) is 22.4 Å². The Hall–Kier alpha value is -2.28. The summed E-state index contributed by atoms with van der Waals surface area (Å²) in [4.78, 5) is 22.3. The summed E-state index contributed by atoms with van der Waals surface area (Å²) in [5.74, 6) is 0.722. The number of amides is 1. The van der Waals surface area contributed by atoms with Crippen LogP contribution < -0.4 is 10.1 Å². The Balaban J connectivity index is 1.82. The number of ether oxygens (including phenoxy) is 1. The van der Waals surface area contributed by atoms with Crippen LogP contribution in [0.15, 0.2) is 24.3 Å². The number of carbonyl (C=O) groups is 2. The summed E-state index contributed by atoms with van der Waals surface area (Å²) in [6, 6.07) is 6.54. The second-order valence-corrected chi connectivity index (χ2v) is 6.18. The minimum Gasteiger partial charge on any atom is -0.484 e. The Morgan fingerprint density at radius 1 is 1.32 bits per heavy atom. The number of aromatic nitrogens is 2. The van der Waals surface area contributed by atoms with Crippen molar-refractivity contribution >= 4 is 28.7 Å². The van der Waals surface area contributed by atoms with E-state index in [1.165, 1.54) is 11.3 Å². The van der Waals surface area contributed by atoms with E-state index in [1.54, 1.807) is 24.3 Å². The van der Waals surface area contributed by atoms with E-state index < -0.39 is 0 Å². The van der Waals surface area contributed by atoms with Gasteiger partial charge in [-0.15, -0.1) is 10.2 Å². The van der Waals surface area contributed by atoms with Gasteiger partial charge in [-0.2, -0.15) is 0 Å². The average Bonchev–Trinajstić information content (AvgIpc) is 2.92. The lowest BCUT2D eigenvalue weighted by Gasteiger charge is -2.05. The van der Waals surface area contributed by atoms with Crippen molar-refractivity contribution in [3.63, 3.8) is 0 Å². The van der Waals surface area contributed by atoms with Gasteiger partial charge in [-0.3, -0.25) is 14.9 Å². The second-order valence-electron chi connectivity index (χ2n) is 5.12. The number of nitrogens with one attached hydrogen (secondary N) is 1. The fourth-order valence-electron chi connectivity index (χ4n) is 1.68. The van der Waals surface area contributed by atoms with Crippen LogP contribution in [0.2, 0.25) is 0 Å². The molecule has 2 rings (SSSR count). The standard InChI is InChI=1S/C15H17N3O3S/c1-10(2)7-14-17-18-15(22-14)16-13(20)9-21-12-5-3-11(8-19)4-6-12/h3-6,8,10H,7,9H2,1-2H3,(H,16,18,20). The number of hydrogen-bond donors (Lipinski definition) is 1. The monoisotopic (exact) mass is 319 g/mol. The average molecular weight is 319 g/mol. The predicted octanol–water partition coefficient (Wildman–Crippen LogP) is 2.57. The minimum absolute atomic E-state index is 0.125. The van der Waals surface area contributed by atoms with Crippen LogP contribution in [0.5, 0.6) is 5.75 Å². The SMILES string of the molecule is CC(C)Cc1nnc(NC(=O)COc2ccc(C=O)cc2)s1. The van der Waals surface area contributed by atoms with Gasteiger partial charge in [0.25, 0.3) is 5.91 Å². The molecule has 0 fully saturated rings. The quantitative estimate of drug-likeness (QED) is 0.793. The Bertz CT molecular complexity index is 638. The highest BCUT2D eigenvalue weighted by Crippen LogP contribution is 2.18. The summed E-state index contributed by atoms with van der Waals surface area (Å²) >= 11 is 1.37. The molecule has 0 spiro atoms. The van der Waals surface area contributed by atoms with Crippen molar-refractivity contribution in [1.29, 1.82) is 0 Å². The van der Waals surface area contributed by atoms with Gasteiger partial charge in [-0.25, -0.2) is 0 Å². The van der Waals surface area contributed by atoms with Crippen LogP contribution in [0, 0.1) is 5.92 Å². The van der Waals surface area contributed by atoms with Crippen LogP contribution >= 0.6 is 11.3 Å². The van der Waals surface area contributed by atoms with Crippen molar-refractivity contribution < 1.29 is 14.3 Å². The molecule has 1 aromatic heterocycles. The highest BCUT2D eigenvalue weighted by atomic mass is 32.1. The molecule has 0 bridgehead atoms. The van der Waals surface area contributed by atoms with E-state index in [2.05, 4.69) is 29.4 Å². The van der Waals surface area contributed by atoms with Crippen molar-refractivity contribution in [2.24, 2.45) is 5.92 Å². The molecule has 0 aliphatic carbocycles. The van der Waals surface area contributed by atoms with Crippen molar-refractivity contribution in [3.8, 4) is 5.75 Å². The van der Waals surface area contributed by atoms with E-state index >= 15 is 0 Å². The number of nitrogens with zero attached hydrogens (tertiary/aromatic N) is 2. The first-order valence-electron chi connectivity index (χ1n) is 6.87. The van der Waals surface area contributed by atoms with Gasteiger partial charge in [0.2, 0.25) is 5.13 Å². The van der Waals surface area contributed by atoms with Gasteiger partial charge in [0, 0.05) is 12.0 Å². The number of aldehydes is 1. The zero-order valence-electron chi connectivity index (χ0n) is 12.4. The first-order valence-corrected chi connectivity index (χ1v) is 7.68. The molecule has 6 nitrogen and oxygen atoms in total. The maximum Gasteiger partial charge on any atom is 0.264 e. The van der Waals surface area contributed by atoms with E-state index in [1.807, 2.05) is 0 Å². The molecule has 1 N–H and O–H groups in total. The molecular formula is C15H17N3O3S. The molecule has 1 heterocycles. The fourth-order valence-corrected chi connectivity index (χ4v) is 2.65. The maximum absolute atomic E-state index is 11.8. The molecule has 1 amide bonds. The predicted molar refractivity (Wildman–Crippen MR) is 84.4 cm³/mol. The lowest BCUT2D eigenvalue weighted by atomic mass is 10.1. The maximum atomic E-state index is 11.8. The van der Waals surface area contributed by atoms with Gasteiger partial charge >= 0.3 is 0 Å². The molecule has 0 atom stereocenters. The summed E-state index contributed by atoms with van der Waals surface area (Å²) in [5.41, 5.74) is 0.559. The molecule has 0 aliphatic rings. The van der Waals surface area contributed by atoms with E-state index in [9.17, 15) is 9.59 Å². The van der Waals surface area contributed by atoms with Gasteiger partial charge < -0.3 is 4.74 Å². The highest BCUT2D eigenvalue weighted by Gasteiger charge is 2.10. The van der Waals surface area contributed by atoms with Crippen molar-refractivity contribution in [2.45, 2.75) is 20.3 Å². The first-order chi connectivity index (χ1) is 10.6. The highest BCUT2D eigenvalue weighted by molar-refractivity contribution is 7.15. The third-order valence-electron chi connectivity index (χ3n) is 2.68. The third kappa shape index (κ3) is 4.92. The van der Waals surface area contributed by atoms with E-state index in [-0.39, 0.29) is 12.5 Å². The van der Waals surface area contributed by atoms with Crippen LogP contribution in [0.1, 0.15) is 29.2 Å². The zero-order valence-corrected chi connectivity index (χ0v) is 13.2. The molecular weight excluding hydrogens is 302 g/mol. The lowest BCUT2D eigenvalue weighted by Crippen LogP contribution is -2.20. The molecule has 1 aromatic carbocycles. The molecule has 116 valence electrons. The molecule has 0 aliphatic heterocycles. The summed E-state index contributed by atoms with van der Waals surface area (Å²) < 4.78 is 5.34. The topological polar surface area (TPSA) is 81.2 Å². The van der Waals surface area contributed by atoms with Gasteiger partial charge in [-0.1, -0.05) is 25.2 Å². The van der Waals surface area contributed by atoms with Crippen molar-refractivity contribution in [2.75, 3.05) is 11.9 Å². The number of carbonyl (C=O) groups excluding carboxylic acids is 2. The van der Waals surface area contributed by atoms with Crippen molar-refractivity contribution in [3.05, 3.63) is 34.8 Å². The lowest BCUT2D eigenvalue weighted by molar-refractivity contribution is -0.118. The molecule has 7 heteroatoms. The summed E-state index contributed by atoms with van der Waals surface area (Å²) in [6.07, 6.45) is 1.59. The van der Waals surface area contributed by atoms with Gasteiger partial charge in [-0.05, 0) is 30.2 Å². The first kappa shape index (κ1) is 16.1. The van der Waals surface area contributed by atoms with Crippen LogP contribution in [0.4, 0.5) is 5.13 Å². The smallest absolute Gasteiger partial charge is 0.264 e. The zero-order chi connectivity index (χ0) is 15.9. The van der Waals surface area contributed by atoms with Gasteiger partial charge in [0.1, 0.15) is 17.0 Å². The van der Waals surface area contributed by atoms with Crippen LogP contribution in [0.3, 0.4) is 0 Å². The molecule has 22 heavy (non-hydrogen) atoms. The van der Waals surface area contributed by atoms with Crippen molar-refractivity contribution in [1.82, 2.24) is 10.2 Å². The second kappa shape index (κ2) is 7.65. The summed E-state index contributed by atoms with van der Waals surface area (Å²) in [6.45, 7) is 4.08. The Kier molecular flexibility index (Phi) is 5.60. The van der Waals surface area contributed by atoms with E-state index in [0.717, 1.165) is 17.7 Å². The Labute approximate surface area is 132 Å². The molecule has 0 saturated carbocycles. The third-order valence-corrected chi connectivity index (χ3v) is 3.54. The van der Waals surface area contributed by atoms with E-state index in [4.69, 9.17) is 4.74 Å². The Morgan fingerprint density at radius 2 is 2.05 bits per heavy atom. The minimum atomic E-state index is -0.299. The molecule has 0 unspecified atom stereocenters. The largest absolute Gasteiger partial charge is 0.484 e. The van der Waals surface area contributed by atoms with Crippen LogP contribution in [-0.4, -0.2) is 29.0 Å². The van der Waals surface area contributed by atoms with Crippen LogP contribution in [-0.2, 0) is 11.2 Å². The number of anilines is 1. The number of rotatable bonds is 7. The molecule has 2 aromatic rings. The Morgan fingerprint density at radius 3 is 2.68 bits per heavy atom. The number of benzene rings is 1. The normalized spacial score (nSPS) is 10.5. The van der Waals surface area contributed by atoms with Crippen LogP contribution in [0.25, 0.3) is 0 Å². The fraction of sp³-hybridized carbons (Fsp3) is 0.333. The molecule has 0 radical (unpaired) electrons. The summed E-state index contributed by atoms with van der Waals surface area (Å²) in [7, 11) is 0. The molecule has 0 saturated heterocycles. The number of hydrogen-bond acceptors (Lipinski definition) is 6. The van der Waals surface area contributed by atoms with Gasteiger partial charge in [0.15, 0.2) is 6.61 Å². The summed E-state index contributed by atoms with van der Waals surface area (Å²) in [5, 5.41) is 12.0. The van der Waals surface area contributed by atoms with Gasteiger partial charge in [0.05, 0.1) is 0 Å².